The summed E-state index contributed by atoms with van der Waals surface area (Å²) in [6.45, 7) is 4.83. The number of aromatic nitrogens is 3. The van der Waals surface area contributed by atoms with Gasteiger partial charge in [0, 0.05) is 6.54 Å². The Morgan fingerprint density at radius 2 is 2.22 bits per heavy atom. The van der Waals surface area contributed by atoms with E-state index in [0.29, 0.717) is 15.8 Å². The van der Waals surface area contributed by atoms with Gasteiger partial charge < -0.3 is 5.32 Å². The highest BCUT2D eigenvalue weighted by Gasteiger charge is 2.11. The molecule has 0 aliphatic rings. The summed E-state index contributed by atoms with van der Waals surface area (Å²) in [6, 6.07) is 7.83. The van der Waals surface area contributed by atoms with E-state index in [-0.39, 0.29) is 12.5 Å². The number of anilines is 1. The lowest BCUT2D eigenvalue weighted by atomic mass is 10.3. The van der Waals surface area contributed by atoms with Crippen molar-refractivity contribution in [1.82, 2.24) is 20.2 Å². The van der Waals surface area contributed by atoms with Gasteiger partial charge in [0.25, 0.3) is 5.91 Å². The highest BCUT2D eigenvalue weighted by atomic mass is 35.5. The van der Waals surface area contributed by atoms with Gasteiger partial charge in [-0.1, -0.05) is 48.4 Å². The summed E-state index contributed by atoms with van der Waals surface area (Å²) in [5.74, 6) is -0.266. The summed E-state index contributed by atoms with van der Waals surface area (Å²) < 4.78 is 2.83. The molecule has 0 fully saturated rings. The second-order valence-corrected chi connectivity index (χ2v) is 7.39. The Labute approximate surface area is 166 Å². The van der Waals surface area contributed by atoms with E-state index in [1.807, 2.05) is 31.2 Å². The van der Waals surface area contributed by atoms with E-state index in [1.54, 1.807) is 4.68 Å². The molecule has 1 aromatic carbocycles. The zero-order chi connectivity index (χ0) is 19.2. The monoisotopic (exact) mass is 404 g/mol. The van der Waals surface area contributed by atoms with Crippen LogP contribution in [0.15, 0.2) is 29.4 Å². The fraction of sp³-hybridized carbons (Fsp3) is 0.333. The number of benzene rings is 1. The van der Waals surface area contributed by atoms with Crippen molar-refractivity contribution >= 4 is 50.4 Å². The summed E-state index contributed by atoms with van der Waals surface area (Å²) in [7, 11) is 0. The molecule has 2 aromatic heterocycles. The number of amides is 1. The number of thiazole rings is 1. The number of halogens is 1. The smallest absolute Gasteiger partial charge is 0.259 e. The van der Waals surface area contributed by atoms with E-state index < -0.39 is 0 Å². The van der Waals surface area contributed by atoms with Gasteiger partial charge in [0.1, 0.15) is 5.15 Å². The molecule has 0 aliphatic heterocycles. The number of unbranched alkanes of at least 4 members (excludes halogenated alkanes) is 1. The fourth-order valence-corrected chi connectivity index (χ4v) is 3.65. The second-order valence-electron chi connectivity index (χ2n) is 6.00. The topological polar surface area (TPSA) is 84.2 Å². The molecule has 9 heteroatoms. The molecule has 0 aliphatic carbocycles. The second kappa shape index (κ2) is 8.96. The van der Waals surface area contributed by atoms with Gasteiger partial charge in [0.2, 0.25) is 0 Å². The number of para-hydroxylation sites is 1. The van der Waals surface area contributed by atoms with Crippen molar-refractivity contribution in [2.45, 2.75) is 33.2 Å². The SMILES string of the molecule is CCCCn1nc(C)c(/C=N\NC(=O)CNc2nc3ccccc3s2)c1Cl. The molecule has 2 heterocycles. The van der Waals surface area contributed by atoms with Crippen LogP contribution in [0.5, 0.6) is 0 Å². The molecule has 0 saturated carbocycles. The number of hydrazone groups is 1. The van der Waals surface area contributed by atoms with Crippen LogP contribution in [-0.2, 0) is 11.3 Å². The van der Waals surface area contributed by atoms with Gasteiger partial charge in [-0.05, 0) is 25.5 Å². The first kappa shape index (κ1) is 19.3. The van der Waals surface area contributed by atoms with Crippen molar-refractivity contribution in [1.29, 1.82) is 0 Å². The van der Waals surface area contributed by atoms with Gasteiger partial charge in [0.15, 0.2) is 5.13 Å². The van der Waals surface area contributed by atoms with Crippen molar-refractivity contribution in [2.24, 2.45) is 5.10 Å². The number of aryl methyl sites for hydroxylation is 2. The zero-order valence-corrected chi connectivity index (χ0v) is 16.8. The highest BCUT2D eigenvalue weighted by molar-refractivity contribution is 7.22. The summed E-state index contributed by atoms with van der Waals surface area (Å²) in [4.78, 5) is 16.4. The Kier molecular flexibility index (Phi) is 6.41. The Hall–Kier alpha value is -2.45. The molecule has 3 aromatic rings. The third kappa shape index (κ3) is 4.84. The van der Waals surface area contributed by atoms with Gasteiger partial charge in [0.05, 0.1) is 34.2 Å². The molecule has 1 amide bonds. The van der Waals surface area contributed by atoms with Crippen molar-refractivity contribution < 1.29 is 4.79 Å². The van der Waals surface area contributed by atoms with E-state index in [1.165, 1.54) is 17.6 Å². The molecule has 0 spiro atoms. The van der Waals surface area contributed by atoms with Gasteiger partial charge in [-0.2, -0.15) is 10.2 Å². The van der Waals surface area contributed by atoms with Crippen LogP contribution < -0.4 is 10.7 Å². The maximum Gasteiger partial charge on any atom is 0.259 e. The maximum atomic E-state index is 12.0. The highest BCUT2D eigenvalue weighted by Crippen LogP contribution is 2.25. The minimum absolute atomic E-state index is 0.0830. The lowest BCUT2D eigenvalue weighted by Crippen LogP contribution is -2.25. The zero-order valence-electron chi connectivity index (χ0n) is 15.2. The first-order valence-corrected chi connectivity index (χ1v) is 9.92. The Morgan fingerprint density at radius 3 is 3.00 bits per heavy atom. The number of rotatable bonds is 8. The molecule has 0 radical (unpaired) electrons. The molecular weight excluding hydrogens is 384 g/mol. The van der Waals surface area contributed by atoms with Crippen LogP contribution in [0.4, 0.5) is 5.13 Å². The van der Waals surface area contributed by atoms with Crippen molar-refractivity contribution in [3.05, 3.63) is 40.7 Å². The predicted octanol–water partition coefficient (Wildman–Crippen LogP) is 3.82. The molecule has 27 heavy (non-hydrogen) atoms. The van der Waals surface area contributed by atoms with Crippen LogP contribution in [0.25, 0.3) is 10.2 Å². The van der Waals surface area contributed by atoms with Gasteiger partial charge in [-0.3, -0.25) is 9.48 Å². The van der Waals surface area contributed by atoms with E-state index >= 15 is 0 Å². The van der Waals surface area contributed by atoms with Crippen LogP contribution in [-0.4, -0.2) is 33.4 Å². The predicted molar refractivity (Wildman–Crippen MR) is 111 cm³/mol. The summed E-state index contributed by atoms with van der Waals surface area (Å²) in [5, 5.41) is 12.6. The number of fused-ring (bicyclic) bond motifs is 1. The Balaban J connectivity index is 1.53. The van der Waals surface area contributed by atoms with E-state index in [4.69, 9.17) is 11.6 Å². The first-order valence-electron chi connectivity index (χ1n) is 8.72. The van der Waals surface area contributed by atoms with Crippen molar-refractivity contribution in [2.75, 3.05) is 11.9 Å². The maximum absolute atomic E-state index is 12.0. The van der Waals surface area contributed by atoms with Crippen molar-refractivity contribution in [3.63, 3.8) is 0 Å². The number of carbonyl (C=O) groups excluding carboxylic acids is 1. The van der Waals surface area contributed by atoms with Crippen LogP contribution in [0.2, 0.25) is 5.15 Å². The van der Waals surface area contributed by atoms with Gasteiger partial charge in [-0.25, -0.2) is 10.4 Å². The average Bonchev–Trinajstić information content (AvgIpc) is 3.20. The third-order valence-electron chi connectivity index (χ3n) is 3.91. The minimum atomic E-state index is -0.266. The molecule has 0 bridgehead atoms. The van der Waals surface area contributed by atoms with Crippen LogP contribution in [0.3, 0.4) is 0 Å². The molecular formula is C18H21ClN6OS. The van der Waals surface area contributed by atoms with Crippen molar-refractivity contribution in [3.8, 4) is 0 Å². The standard InChI is InChI=1S/C18H21ClN6OS/c1-3-4-9-25-17(19)13(12(2)24-25)10-21-23-16(26)11-20-18-22-14-7-5-6-8-15(14)27-18/h5-8,10H,3-4,9,11H2,1-2H3,(H,20,22)(H,23,26)/b21-10-. The molecule has 3 rings (SSSR count). The molecule has 142 valence electrons. The van der Waals surface area contributed by atoms with Crippen LogP contribution in [0.1, 0.15) is 31.0 Å². The molecule has 0 unspecified atom stereocenters. The summed E-state index contributed by atoms with van der Waals surface area (Å²) in [6.07, 6.45) is 3.60. The van der Waals surface area contributed by atoms with Gasteiger partial charge in [-0.15, -0.1) is 0 Å². The van der Waals surface area contributed by atoms with Crippen LogP contribution in [0, 0.1) is 6.92 Å². The summed E-state index contributed by atoms with van der Waals surface area (Å²) in [5.41, 5.74) is 4.90. The lowest BCUT2D eigenvalue weighted by molar-refractivity contribution is -0.119. The normalized spacial score (nSPS) is 11.4. The van der Waals surface area contributed by atoms with E-state index in [0.717, 1.165) is 35.3 Å². The number of hydrogen-bond acceptors (Lipinski definition) is 6. The molecule has 2 N–H and O–H groups in total. The quantitative estimate of drug-likeness (QED) is 0.441. The third-order valence-corrected chi connectivity index (χ3v) is 5.30. The Morgan fingerprint density at radius 1 is 1.41 bits per heavy atom. The lowest BCUT2D eigenvalue weighted by Gasteiger charge is -2.01. The number of hydrogen-bond donors (Lipinski definition) is 2. The minimum Gasteiger partial charge on any atom is -0.352 e. The largest absolute Gasteiger partial charge is 0.352 e. The van der Waals surface area contributed by atoms with E-state index in [2.05, 4.69) is 32.9 Å². The first-order chi connectivity index (χ1) is 13.1. The van der Waals surface area contributed by atoms with Gasteiger partial charge >= 0.3 is 0 Å². The molecule has 0 saturated heterocycles. The number of carbonyl (C=O) groups is 1. The number of nitrogens with one attached hydrogen (secondary N) is 2. The molecule has 7 nitrogen and oxygen atoms in total. The summed E-state index contributed by atoms with van der Waals surface area (Å²) >= 11 is 7.84. The Bertz CT molecular complexity index is 931. The van der Waals surface area contributed by atoms with Crippen LogP contribution >= 0.6 is 22.9 Å². The average molecular weight is 405 g/mol. The van der Waals surface area contributed by atoms with E-state index in [9.17, 15) is 4.79 Å². The fourth-order valence-electron chi connectivity index (χ4n) is 2.48. The number of nitrogens with zero attached hydrogens (tertiary/aromatic N) is 4. The molecule has 0 atom stereocenters.